The molecule has 0 saturated carbocycles. The maximum atomic E-state index is 13.2. The molecule has 0 unspecified atom stereocenters. The predicted molar refractivity (Wildman–Crippen MR) is 141 cm³/mol. The zero-order chi connectivity index (χ0) is 27.7. The number of alkyl halides is 2. The van der Waals surface area contributed by atoms with Crippen LogP contribution in [0.3, 0.4) is 0 Å². The lowest BCUT2D eigenvalue weighted by Gasteiger charge is -2.32. The minimum absolute atomic E-state index is 0.00120. The first-order valence-electron chi connectivity index (χ1n) is 12.4. The molecule has 11 heteroatoms. The monoisotopic (exact) mass is 538 g/mol. The van der Waals surface area contributed by atoms with E-state index >= 15 is 0 Å². The average Bonchev–Trinajstić information content (AvgIpc) is 3.26. The molecule has 2 N–H and O–H groups in total. The molecule has 0 aliphatic carbocycles. The van der Waals surface area contributed by atoms with Gasteiger partial charge in [0.2, 0.25) is 0 Å². The van der Waals surface area contributed by atoms with E-state index in [4.69, 9.17) is 9.84 Å². The number of carbonyl (C=O) groups excluding carboxylic acids is 1. The molecular formula is C28H28F2N4O5. The number of aliphatic carboxylic acids is 1. The van der Waals surface area contributed by atoms with Crippen molar-refractivity contribution in [2.24, 2.45) is 0 Å². The topological polar surface area (TPSA) is 94.6 Å². The van der Waals surface area contributed by atoms with Crippen molar-refractivity contribution >= 4 is 28.9 Å². The Hall–Kier alpha value is -4.38. The molecule has 0 atom stereocenters. The van der Waals surface area contributed by atoms with Crippen LogP contribution in [0, 0.1) is 0 Å². The van der Waals surface area contributed by atoms with Crippen molar-refractivity contribution in [2.75, 3.05) is 30.7 Å². The number of hydrogen-bond acceptors (Lipinski definition) is 7. The van der Waals surface area contributed by atoms with E-state index < -0.39 is 12.6 Å². The molecule has 9 nitrogen and oxygen atoms in total. The first-order valence-corrected chi connectivity index (χ1v) is 12.4. The fourth-order valence-corrected chi connectivity index (χ4v) is 5.08. The van der Waals surface area contributed by atoms with Crippen molar-refractivity contribution in [3.8, 4) is 11.5 Å². The Labute approximate surface area is 224 Å². The van der Waals surface area contributed by atoms with Gasteiger partial charge in [-0.3, -0.25) is 19.6 Å². The number of ether oxygens (including phenoxy) is 2. The summed E-state index contributed by atoms with van der Waals surface area (Å²) < 4.78 is 34.9. The number of carbonyl (C=O) groups is 2. The second kappa shape index (κ2) is 10.8. The molecule has 0 bridgehead atoms. The highest BCUT2D eigenvalue weighted by Crippen LogP contribution is 2.46. The molecule has 39 heavy (non-hydrogen) atoms. The highest BCUT2D eigenvalue weighted by Gasteiger charge is 2.32. The lowest BCUT2D eigenvalue weighted by Crippen LogP contribution is -2.41. The zero-order valence-electron chi connectivity index (χ0n) is 21.5. The Balaban J connectivity index is 1.41. The van der Waals surface area contributed by atoms with Gasteiger partial charge in [0.1, 0.15) is 17.2 Å². The van der Waals surface area contributed by atoms with E-state index in [9.17, 15) is 18.4 Å². The van der Waals surface area contributed by atoms with Gasteiger partial charge in [0.15, 0.2) is 0 Å². The van der Waals surface area contributed by atoms with Crippen LogP contribution in [0.25, 0.3) is 0 Å². The van der Waals surface area contributed by atoms with Gasteiger partial charge in [0.25, 0.3) is 5.91 Å². The van der Waals surface area contributed by atoms with Crippen molar-refractivity contribution in [1.82, 2.24) is 10.4 Å². The maximum absolute atomic E-state index is 13.2. The fourth-order valence-electron chi connectivity index (χ4n) is 5.08. The Kier molecular flexibility index (Phi) is 7.25. The van der Waals surface area contributed by atoms with Gasteiger partial charge in [-0.2, -0.15) is 8.78 Å². The van der Waals surface area contributed by atoms with Crippen LogP contribution in [-0.4, -0.2) is 49.2 Å². The number of anilines is 3. The lowest BCUT2D eigenvalue weighted by atomic mass is 9.96. The third kappa shape index (κ3) is 5.30. The Morgan fingerprint density at radius 3 is 2.56 bits per heavy atom. The summed E-state index contributed by atoms with van der Waals surface area (Å²) in [5.74, 6) is -0.416. The summed E-state index contributed by atoms with van der Waals surface area (Å²) in [5, 5.41) is 13.0. The van der Waals surface area contributed by atoms with Gasteiger partial charge in [-0.05, 0) is 72.0 Å². The van der Waals surface area contributed by atoms with E-state index in [1.807, 2.05) is 47.4 Å². The number of carboxylic acids is 1. The number of nitrogens with zero attached hydrogens (tertiary/aromatic N) is 3. The summed E-state index contributed by atoms with van der Waals surface area (Å²) in [6.07, 6.45) is 0.990. The van der Waals surface area contributed by atoms with E-state index in [1.54, 1.807) is 12.0 Å². The van der Waals surface area contributed by atoms with Crippen LogP contribution in [0.4, 0.5) is 25.8 Å². The lowest BCUT2D eigenvalue weighted by molar-refractivity contribution is -0.136. The van der Waals surface area contributed by atoms with Crippen LogP contribution in [0.5, 0.6) is 11.5 Å². The van der Waals surface area contributed by atoms with Crippen LogP contribution >= 0.6 is 0 Å². The number of rotatable bonds is 8. The molecule has 2 heterocycles. The smallest absolute Gasteiger partial charge is 0.387 e. The molecule has 204 valence electrons. The Morgan fingerprint density at radius 2 is 1.87 bits per heavy atom. The number of nitrogens with one attached hydrogen (secondary N) is 1. The highest BCUT2D eigenvalue weighted by molar-refractivity contribution is 5.94. The molecule has 3 aromatic rings. The van der Waals surface area contributed by atoms with Crippen LogP contribution in [-0.2, 0) is 24.2 Å². The van der Waals surface area contributed by atoms with E-state index in [0.717, 1.165) is 33.8 Å². The Morgan fingerprint density at radius 1 is 1.10 bits per heavy atom. The number of methoxy groups -OCH3 is 1. The molecular weight excluding hydrogens is 510 g/mol. The van der Waals surface area contributed by atoms with Crippen LogP contribution in [0.1, 0.15) is 33.5 Å². The molecule has 1 amide bonds. The molecule has 0 saturated heterocycles. The van der Waals surface area contributed by atoms with Gasteiger partial charge in [0.05, 0.1) is 18.5 Å². The van der Waals surface area contributed by atoms with Crippen molar-refractivity contribution in [2.45, 2.75) is 32.4 Å². The molecule has 0 aromatic heterocycles. The minimum Gasteiger partial charge on any atom is -0.494 e. The van der Waals surface area contributed by atoms with Crippen molar-refractivity contribution in [1.29, 1.82) is 0 Å². The summed E-state index contributed by atoms with van der Waals surface area (Å²) in [7, 11) is 3.47. The third-order valence-electron chi connectivity index (χ3n) is 6.88. The van der Waals surface area contributed by atoms with E-state index in [2.05, 4.69) is 10.3 Å². The molecule has 2 aliphatic heterocycles. The van der Waals surface area contributed by atoms with Crippen molar-refractivity contribution in [3.05, 3.63) is 76.9 Å². The standard InChI is InChI=1S/C28H28F2N4O5/c1-32-26-23(14-17(6-11-25(35)36)15-24(26)38-2)34(31-32)22-5-3-4-19-16-33(13-12-21(19)22)27(37)18-7-9-20(10-8-18)39-28(29)30/h3-5,7-10,14-15,28,31H,6,11-13,16H2,1-2H3,(H,35,36). The normalized spacial score (nSPS) is 14.3. The number of hydrazine groups is 2. The van der Waals surface area contributed by atoms with E-state index in [1.165, 1.54) is 24.3 Å². The summed E-state index contributed by atoms with van der Waals surface area (Å²) in [6.45, 7) is -2.04. The number of halogens is 2. The first-order chi connectivity index (χ1) is 18.7. The number of benzene rings is 3. The van der Waals surface area contributed by atoms with Crippen LogP contribution in [0.15, 0.2) is 54.6 Å². The number of amides is 1. The van der Waals surface area contributed by atoms with Crippen molar-refractivity contribution in [3.63, 3.8) is 0 Å². The summed E-state index contributed by atoms with van der Waals surface area (Å²) in [6, 6.07) is 15.5. The molecule has 5 rings (SSSR count). The predicted octanol–water partition coefficient (Wildman–Crippen LogP) is 4.52. The van der Waals surface area contributed by atoms with Gasteiger partial charge < -0.3 is 19.5 Å². The average molecular weight is 539 g/mol. The SMILES string of the molecule is COc1cc(CCC(=O)O)cc2c1N(C)NN2c1cccc2c1CCN(C(=O)c1ccc(OC(F)F)cc1)C2. The van der Waals surface area contributed by atoms with Crippen LogP contribution in [0.2, 0.25) is 0 Å². The summed E-state index contributed by atoms with van der Waals surface area (Å²) >= 11 is 0. The molecule has 0 spiro atoms. The number of hydrogen-bond donors (Lipinski definition) is 2. The molecule has 3 aromatic carbocycles. The zero-order valence-corrected chi connectivity index (χ0v) is 21.5. The van der Waals surface area contributed by atoms with Crippen molar-refractivity contribution < 1.29 is 33.0 Å². The first kappa shape index (κ1) is 26.2. The van der Waals surface area contributed by atoms with Gasteiger partial charge in [0, 0.05) is 32.1 Å². The number of aryl methyl sites for hydroxylation is 1. The molecule has 2 aliphatic rings. The second-order valence-corrected chi connectivity index (χ2v) is 9.35. The molecule has 0 radical (unpaired) electrons. The third-order valence-corrected chi connectivity index (χ3v) is 6.88. The maximum Gasteiger partial charge on any atom is 0.387 e. The molecule has 0 fully saturated rings. The largest absolute Gasteiger partial charge is 0.494 e. The van der Waals surface area contributed by atoms with Gasteiger partial charge in [-0.25, -0.2) is 0 Å². The van der Waals surface area contributed by atoms with E-state index in [0.29, 0.717) is 37.2 Å². The highest BCUT2D eigenvalue weighted by atomic mass is 19.3. The number of carboxylic acid groups (broad SMARTS) is 1. The number of fused-ring (bicyclic) bond motifs is 2. The Bertz CT molecular complexity index is 1400. The van der Waals surface area contributed by atoms with E-state index in [-0.39, 0.29) is 18.1 Å². The van der Waals surface area contributed by atoms with Crippen LogP contribution < -0.4 is 25.0 Å². The van der Waals surface area contributed by atoms with Gasteiger partial charge >= 0.3 is 12.6 Å². The second-order valence-electron chi connectivity index (χ2n) is 9.35. The summed E-state index contributed by atoms with van der Waals surface area (Å²) in [4.78, 5) is 26.1. The summed E-state index contributed by atoms with van der Waals surface area (Å²) in [5.41, 5.74) is 9.29. The quantitative estimate of drug-likeness (QED) is 0.433. The van der Waals surface area contributed by atoms with Gasteiger partial charge in [-0.15, -0.1) is 5.53 Å². The fraction of sp³-hybridized carbons (Fsp3) is 0.286. The van der Waals surface area contributed by atoms with Gasteiger partial charge in [-0.1, -0.05) is 12.1 Å². The minimum atomic E-state index is -2.92.